The molecule has 0 heterocycles. The van der Waals surface area contributed by atoms with Crippen LogP contribution in [0.5, 0.6) is 11.5 Å². The predicted octanol–water partition coefficient (Wildman–Crippen LogP) is 3.64. The molecule has 0 fully saturated rings. The van der Waals surface area contributed by atoms with Crippen LogP contribution in [0.4, 0.5) is 0 Å². The summed E-state index contributed by atoms with van der Waals surface area (Å²) in [6, 6.07) is 14.9. The minimum Gasteiger partial charge on any atom is -0.494 e. The molecule has 0 aromatic heterocycles. The molecule has 0 radical (unpaired) electrons. The molecule has 0 bridgehead atoms. The van der Waals surface area contributed by atoms with Crippen LogP contribution in [0, 0.1) is 0 Å². The zero-order valence-corrected chi connectivity index (χ0v) is 19.0. The summed E-state index contributed by atoms with van der Waals surface area (Å²) in [7, 11) is 0. The first-order valence-electron chi connectivity index (χ1n) is 10.6. The molecule has 8 heteroatoms. The zero-order valence-electron chi connectivity index (χ0n) is 19.0. The van der Waals surface area contributed by atoms with Gasteiger partial charge in [0.15, 0.2) is 0 Å². The number of nitrogens with one attached hydrogen (secondary N) is 2. The van der Waals surface area contributed by atoms with Crippen molar-refractivity contribution in [2.75, 3.05) is 13.2 Å². The Balaban J connectivity index is 1.77. The maximum absolute atomic E-state index is 12.0. The van der Waals surface area contributed by atoms with Crippen molar-refractivity contribution in [3.05, 3.63) is 59.7 Å². The molecule has 0 atom stereocenters. The molecule has 0 aliphatic carbocycles. The largest absolute Gasteiger partial charge is 0.494 e. The second kappa shape index (κ2) is 12.9. The van der Waals surface area contributed by atoms with Gasteiger partial charge in [-0.15, -0.1) is 0 Å². The maximum Gasteiger partial charge on any atom is 0.240 e. The summed E-state index contributed by atoms with van der Waals surface area (Å²) in [4.78, 5) is 24.0. The van der Waals surface area contributed by atoms with Gasteiger partial charge in [-0.05, 0) is 87.4 Å². The fourth-order valence-electron chi connectivity index (χ4n) is 2.68. The van der Waals surface area contributed by atoms with Crippen LogP contribution < -0.4 is 20.3 Å². The Hall–Kier alpha value is -3.68. The molecule has 32 heavy (non-hydrogen) atoms. The number of amides is 2. The molecule has 170 valence electrons. The molecule has 0 unspecified atom stereocenters. The molecule has 2 N–H and O–H groups in total. The average Bonchev–Trinajstić information content (AvgIpc) is 2.81. The Morgan fingerprint density at radius 3 is 1.34 bits per heavy atom. The summed E-state index contributed by atoms with van der Waals surface area (Å²) >= 11 is 0. The van der Waals surface area contributed by atoms with Gasteiger partial charge in [-0.25, -0.2) is 10.9 Å². The van der Waals surface area contributed by atoms with E-state index in [9.17, 15) is 9.59 Å². The van der Waals surface area contributed by atoms with E-state index in [-0.39, 0.29) is 24.7 Å². The van der Waals surface area contributed by atoms with E-state index >= 15 is 0 Å². The van der Waals surface area contributed by atoms with Gasteiger partial charge in [0, 0.05) is 12.8 Å². The van der Waals surface area contributed by atoms with Crippen molar-refractivity contribution in [2.24, 2.45) is 10.2 Å². The zero-order chi connectivity index (χ0) is 23.3. The summed E-state index contributed by atoms with van der Waals surface area (Å²) in [5.41, 5.74) is 7.99. The summed E-state index contributed by atoms with van der Waals surface area (Å²) < 4.78 is 10.8. The highest BCUT2D eigenvalue weighted by Gasteiger charge is 2.07. The van der Waals surface area contributed by atoms with Crippen LogP contribution in [-0.2, 0) is 9.59 Å². The predicted molar refractivity (Wildman–Crippen MR) is 125 cm³/mol. The van der Waals surface area contributed by atoms with Crippen molar-refractivity contribution in [1.29, 1.82) is 0 Å². The Morgan fingerprint density at radius 2 is 1.03 bits per heavy atom. The molecule has 2 aromatic rings. The molecule has 2 amide bonds. The molecule has 0 aliphatic rings. The van der Waals surface area contributed by atoms with Gasteiger partial charge >= 0.3 is 0 Å². The first-order valence-corrected chi connectivity index (χ1v) is 10.6. The molecule has 0 saturated heterocycles. The highest BCUT2D eigenvalue weighted by molar-refractivity contribution is 6.00. The summed E-state index contributed by atoms with van der Waals surface area (Å²) in [6.45, 7) is 8.63. The minimum atomic E-state index is -0.349. The number of nitrogens with zero attached hydrogens (tertiary/aromatic N) is 2. The Kier molecular flexibility index (Phi) is 9.90. The number of hydrazone groups is 2. The number of benzene rings is 2. The average molecular weight is 439 g/mol. The summed E-state index contributed by atoms with van der Waals surface area (Å²) in [5.74, 6) is 0.856. The molecular weight excluding hydrogens is 408 g/mol. The van der Waals surface area contributed by atoms with E-state index in [0.29, 0.717) is 24.6 Å². The van der Waals surface area contributed by atoms with E-state index < -0.39 is 0 Å². The van der Waals surface area contributed by atoms with Crippen LogP contribution in [0.3, 0.4) is 0 Å². The van der Waals surface area contributed by atoms with Crippen molar-refractivity contribution < 1.29 is 19.1 Å². The Labute approximate surface area is 188 Å². The van der Waals surface area contributed by atoms with Gasteiger partial charge in [-0.3, -0.25) is 9.59 Å². The molecular formula is C24H30N4O4. The Bertz CT molecular complexity index is 871. The highest BCUT2D eigenvalue weighted by atomic mass is 16.5. The lowest BCUT2D eigenvalue weighted by atomic mass is 10.1. The quantitative estimate of drug-likeness (QED) is 0.413. The fourth-order valence-corrected chi connectivity index (χ4v) is 2.68. The van der Waals surface area contributed by atoms with E-state index in [1.807, 2.05) is 62.4 Å². The monoisotopic (exact) mass is 438 g/mol. The molecule has 2 rings (SSSR count). The number of hydrogen-bond acceptors (Lipinski definition) is 6. The van der Waals surface area contributed by atoms with Crippen LogP contribution in [0.15, 0.2) is 58.7 Å². The minimum absolute atomic E-state index is 0.00348. The fraction of sp³-hybridized carbons (Fsp3) is 0.333. The van der Waals surface area contributed by atoms with E-state index in [4.69, 9.17) is 9.47 Å². The Morgan fingerprint density at radius 1 is 0.688 bits per heavy atom. The van der Waals surface area contributed by atoms with Crippen LogP contribution in [0.1, 0.15) is 51.7 Å². The number of rotatable bonds is 11. The van der Waals surface area contributed by atoms with E-state index in [0.717, 1.165) is 22.6 Å². The third-order valence-corrected chi connectivity index (χ3v) is 4.44. The van der Waals surface area contributed by atoms with Crippen LogP contribution in [-0.4, -0.2) is 36.5 Å². The van der Waals surface area contributed by atoms with Gasteiger partial charge < -0.3 is 9.47 Å². The second-order valence-corrected chi connectivity index (χ2v) is 6.88. The van der Waals surface area contributed by atoms with Gasteiger partial charge in [-0.2, -0.15) is 10.2 Å². The highest BCUT2D eigenvalue weighted by Crippen LogP contribution is 2.13. The van der Waals surface area contributed by atoms with Gasteiger partial charge in [0.25, 0.3) is 0 Å². The molecule has 8 nitrogen and oxygen atoms in total. The molecule has 0 spiro atoms. The third kappa shape index (κ3) is 8.22. The SMILES string of the molecule is CCOc1ccc(/C(C)=N/NC(=O)CCC(=O)N/N=C(\C)c2ccc(OCC)cc2)cc1. The number of carbonyl (C=O) groups excluding carboxylic acids is 2. The topological polar surface area (TPSA) is 101 Å². The first kappa shape index (κ1) is 24.6. The molecule has 0 saturated carbocycles. The van der Waals surface area contributed by atoms with Gasteiger partial charge in [0.2, 0.25) is 11.8 Å². The van der Waals surface area contributed by atoms with E-state index in [1.165, 1.54) is 0 Å². The van der Waals surface area contributed by atoms with Crippen molar-refractivity contribution >= 4 is 23.2 Å². The van der Waals surface area contributed by atoms with Crippen LogP contribution in [0.2, 0.25) is 0 Å². The number of hydrogen-bond donors (Lipinski definition) is 2. The van der Waals surface area contributed by atoms with Crippen molar-refractivity contribution in [2.45, 2.75) is 40.5 Å². The van der Waals surface area contributed by atoms with Crippen molar-refractivity contribution in [3.63, 3.8) is 0 Å². The smallest absolute Gasteiger partial charge is 0.240 e. The van der Waals surface area contributed by atoms with Crippen molar-refractivity contribution in [3.8, 4) is 11.5 Å². The first-order chi connectivity index (χ1) is 15.4. The lowest BCUT2D eigenvalue weighted by Gasteiger charge is -2.06. The summed E-state index contributed by atoms with van der Waals surface area (Å²) in [5, 5.41) is 8.18. The van der Waals surface area contributed by atoms with Crippen molar-refractivity contribution in [1.82, 2.24) is 10.9 Å². The molecule has 2 aromatic carbocycles. The molecule has 0 aliphatic heterocycles. The summed E-state index contributed by atoms with van der Waals surface area (Å²) in [6.07, 6.45) is 0.00697. The van der Waals surface area contributed by atoms with Crippen LogP contribution >= 0.6 is 0 Å². The number of ether oxygens (including phenoxy) is 2. The van der Waals surface area contributed by atoms with Gasteiger partial charge in [0.05, 0.1) is 24.6 Å². The number of carbonyl (C=O) groups is 2. The second-order valence-electron chi connectivity index (χ2n) is 6.88. The van der Waals surface area contributed by atoms with Gasteiger partial charge in [-0.1, -0.05) is 0 Å². The van der Waals surface area contributed by atoms with E-state index in [2.05, 4.69) is 21.1 Å². The van der Waals surface area contributed by atoms with Crippen LogP contribution in [0.25, 0.3) is 0 Å². The van der Waals surface area contributed by atoms with E-state index in [1.54, 1.807) is 13.8 Å². The lowest BCUT2D eigenvalue weighted by molar-refractivity contribution is -0.126. The maximum atomic E-state index is 12.0. The van der Waals surface area contributed by atoms with Gasteiger partial charge in [0.1, 0.15) is 11.5 Å². The third-order valence-electron chi connectivity index (χ3n) is 4.44. The standard InChI is InChI=1S/C24H30N4O4/c1-5-31-21-11-7-19(8-12-21)17(3)25-27-23(29)15-16-24(30)28-26-18(4)20-9-13-22(14-10-20)32-6-2/h7-14H,5-6,15-16H2,1-4H3,(H,27,29)(H,28,30)/b25-17+,26-18+. The normalized spacial score (nSPS) is 11.6. The lowest BCUT2D eigenvalue weighted by Crippen LogP contribution is -2.24.